The quantitative estimate of drug-likeness (QED) is 0.266. The Morgan fingerprint density at radius 1 is 0.906 bits per heavy atom. The van der Waals surface area contributed by atoms with Crippen LogP contribution < -0.4 is 0 Å². The number of rotatable bonds is 9. The molecule has 0 aromatic carbocycles. The molecule has 1 atom stereocenters. The van der Waals surface area contributed by atoms with E-state index in [0.29, 0.717) is 37.2 Å². The summed E-state index contributed by atoms with van der Waals surface area (Å²) in [6.45, 7) is 19.0. The van der Waals surface area contributed by atoms with Gasteiger partial charge >= 0.3 is 23.9 Å². The number of aliphatic hydroxyl groups excluding tert-OH is 1. The summed E-state index contributed by atoms with van der Waals surface area (Å²) < 4.78 is 13.9. The third kappa shape index (κ3) is 24.8. The predicted octanol–water partition coefficient (Wildman–Crippen LogP) is 2.29. The summed E-state index contributed by atoms with van der Waals surface area (Å²) in [4.78, 5) is 40.5. The highest BCUT2D eigenvalue weighted by Crippen LogP contribution is 2.09. The van der Waals surface area contributed by atoms with Gasteiger partial charge in [0, 0.05) is 28.9 Å². The number of ether oxygens (including phenoxy) is 3. The van der Waals surface area contributed by atoms with Gasteiger partial charge in [-0.1, -0.05) is 26.3 Å². The summed E-state index contributed by atoms with van der Waals surface area (Å²) in [5.74, 6) is -2.60. The van der Waals surface area contributed by atoms with Crippen LogP contribution in [0.1, 0.15) is 33.6 Å². The first kappa shape index (κ1) is 33.4. The van der Waals surface area contributed by atoms with Gasteiger partial charge in [-0.2, -0.15) is 0 Å². The lowest BCUT2D eigenvalue weighted by molar-refractivity contribution is -0.139. The van der Waals surface area contributed by atoms with E-state index >= 15 is 0 Å². The van der Waals surface area contributed by atoms with E-state index in [1.54, 1.807) is 13.8 Å². The molecule has 0 aromatic heterocycles. The number of carbonyl (C=O) groups excluding carboxylic acids is 2. The van der Waals surface area contributed by atoms with Crippen molar-refractivity contribution in [3.05, 3.63) is 48.6 Å². The molecule has 1 unspecified atom stereocenters. The Hall–Kier alpha value is -3.24. The third-order valence-electron chi connectivity index (χ3n) is 2.99. The molecule has 0 aliphatic carbocycles. The fourth-order valence-corrected chi connectivity index (χ4v) is 1.03. The van der Waals surface area contributed by atoms with Gasteiger partial charge in [0.25, 0.3) is 0 Å². The lowest BCUT2D eigenvalue weighted by atomic mass is 10.2. The highest BCUT2D eigenvalue weighted by atomic mass is 16.6. The lowest BCUT2D eigenvalue weighted by Crippen LogP contribution is -2.09. The Bertz CT molecular complexity index is 675. The fraction of sp³-hybridized carbons (Fsp3) is 0.455. The molecule has 0 saturated carbocycles. The van der Waals surface area contributed by atoms with Crippen LogP contribution >= 0.6 is 0 Å². The van der Waals surface area contributed by atoms with Crippen molar-refractivity contribution in [3.8, 4) is 0 Å². The Morgan fingerprint density at radius 3 is 1.56 bits per heavy atom. The molecule has 1 fully saturated rings. The molecule has 1 rings (SSSR count). The summed E-state index contributed by atoms with van der Waals surface area (Å²) in [6, 6.07) is 0. The van der Waals surface area contributed by atoms with Gasteiger partial charge in [-0.3, -0.25) is 0 Å². The number of carboxylic acids is 2. The highest BCUT2D eigenvalue weighted by Gasteiger charge is 2.24. The van der Waals surface area contributed by atoms with E-state index < -0.39 is 11.9 Å². The van der Waals surface area contributed by atoms with Crippen LogP contribution in [0.5, 0.6) is 0 Å². The van der Waals surface area contributed by atoms with Gasteiger partial charge in [0.1, 0.15) is 12.7 Å². The molecule has 182 valence electrons. The van der Waals surface area contributed by atoms with E-state index in [4.69, 9.17) is 24.8 Å². The Kier molecular flexibility index (Phi) is 20.6. The summed E-state index contributed by atoms with van der Waals surface area (Å²) in [5, 5.41) is 24.4. The van der Waals surface area contributed by atoms with Crippen LogP contribution in [-0.4, -0.2) is 72.2 Å². The first-order chi connectivity index (χ1) is 14.7. The molecular weight excluding hydrogens is 424 g/mol. The largest absolute Gasteiger partial charge is 0.478 e. The van der Waals surface area contributed by atoms with Crippen LogP contribution in [0, 0.1) is 0 Å². The van der Waals surface area contributed by atoms with Crippen LogP contribution in [-0.2, 0) is 33.4 Å². The number of carboxylic acid groups (broad SMARTS) is 2. The molecule has 1 heterocycles. The standard InChI is InChI=1S/C7H10O3.C6H10O3.C5H8O2.C4H6O2/c1-5(2)7(8)10-4-6-3-9-6;1-5(6(8)9)3-2-4-7;1-4(2)5(6)7-3;1-3(2)4(5)6/h6H,1,3-4H2,2H3;7H,1-4H2,(H,8,9);1H2,2-3H3;1H2,2H3,(H,5,6). The molecule has 10 nitrogen and oxygen atoms in total. The second kappa shape index (κ2) is 19.7. The highest BCUT2D eigenvalue weighted by molar-refractivity contribution is 5.87. The van der Waals surface area contributed by atoms with Crippen LogP contribution in [0.25, 0.3) is 0 Å². The van der Waals surface area contributed by atoms with E-state index in [1.165, 1.54) is 14.0 Å². The second-order valence-corrected chi connectivity index (χ2v) is 6.43. The number of methoxy groups -OCH3 is 1. The number of carbonyl (C=O) groups is 4. The lowest BCUT2D eigenvalue weighted by Gasteiger charge is -1.99. The average Bonchev–Trinajstić information content (AvgIpc) is 3.55. The van der Waals surface area contributed by atoms with E-state index in [-0.39, 0.29) is 35.8 Å². The average molecular weight is 459 g/mol. The van der Waals surface area contributed by atoms with Crippen molar-refractivity contribution in [2.45, 2.75) is 39.7 Å². The summed E-state index contributed by atoms with van der Waals surface area (Å²) in [5.41, 5.74) is 1.20. The molecule has 1 saturated heterocycles. The maximum absolute atomic E-state index is 10.7. The first-order valence-corrected chi connectivity index (χ1v) is 9.29. The molecule has 0 aromatic rings. The van der Waals surface area contributed by atoms with Crippen molar-refractivity contribution in [2.24, 2.45) is 0 Å². The van der Waals surface area contributed by atoms with Crippen molar-refractivity contribution < 1.29 is 48.7 Å². The predicted molar refractivity (Wildman–Crippen MR) is 118 cm³/mol. The number of aliphatic hydroxyl groups is 1. The van der Waals surface area contributed by atoms with Crippen molar-refractivity contribution in [1.29, 1.82) is 0 Å². The number of hydrogen-bond acceptors (Lipinski definition) is 8. The molecule has 0 radical (unpaired) electrons. The number of epoxide rings is 1. The van der Waals surface area contributed by atoms with E-state index in [9.17, 15) is 19.2 Å². The number of aliphatic carboxylic acids is 2. The van der Waals surface area contributed by atoms with Gasteiger partial charge in [-0.15, -0.1) is 0 Å². The molecule has 0 amide bonds. The minimum Gasteiger partial charge on any atom is -0.478 e. The van der Waals surface area contributed by atoms with Gasteiger partial charge in [-0.05, 0) is 33.6 Å². The van der Waals surface area contributed by atoms with Crippen LogP contribution in [0.3, 0.4) is 0 Å². The molecular formula is C22H34O10. The molecule has 32 heavy (non-hydrogen) atoms. The number of hydrogen-bond donors (Lipinski definition) is 3. The molecule has 1 aliphatic heterocycles. The Balaban J connectivity index is -0.000000358. The van der Waals surface area contributed by atoms with Gasteiger partial charge in [0.05, 0.1) is 13.7 Å². The van der Waals surface area contributed by atoms with Crippen molar-refractivity contribution in [3.63, 3.8) is 0 Å². The smallest absolute Gasteiger partial charge is 0.333 e. The van der Waals surface area contributed by atoms with Gasteiger partial charge < -0.3 is 29.5 Å². The summed E-state index contributed by atoms with van der Waals surface area (Å²) in [6.07, 6.45) is 0.986. The minimum atomic E-state index is -0.983. The van der Waals surface area contributed by atoms with Crippen LogP contribution in [0.2, 0.25) is 0 Å². The summed E-state index contributed by atoms with van der Waals surface area (Å²) in [7, 11) is 1.33. The second-order valence-electron chi connectivity index (χ2n) is 6.43. The van der Waals surface area contributed by atoms with E-state index in [0.717, 1.165) is 0 Å². The topological polar surface area (TPSA) is 160 Å². The first-order valence-electron chi connectivity index (χ1n) is 9.29. The Labute approximate surface area is 188 Å². The van der Waals surface area contributed by atoms with E-state index in [1.807, 2.05) is 0 Å². The zero-order chi connectivity index (χ0) is 25.9. The van der Waals surface area contributed by atoms with Gasteiger partial charge in [-0.25, -0.2) is 19.2 Å². The van der Waals surface area contributed by atoms with Crippen LogP contribution in [0.4, 0.5) is 0 Å². The Morgan fingerprint density at radius 2 is 1.34 bits per heavy atom. The normalized spacial score (nSPS) is 12.5. The molecule has 10 heteroatoms. The van der Waals surface area contributed by atoms with E-state index in [2.05, 4.69) is 31.1 Å². The zero-order valence-electron chi connectivity index (χ0n) is 19.1. The summed E-state index contributed by atoms with van der Waals surface area (Å²) >= 11 is 0. The van der Waals surface area contributed by atoms with Crippen LogP contribution in [0.15, 0.2) is 48.6 Å². The third-order valence-corrected chi connectivity index (χ3v) is 2.99. The zero-order valence-corrected chi connectivity index (χ0v) is 19.1. The maximum Gasteiger partial charge on any atom is 0.333 e. The monoisotopic (exact) mass is 458 g/mol. The maximum atomic E-state index is 10.7. The SMILES string of the molecule is C=C(C)C(=O)O.C=C(C)C(=O)OC.C=C(C)C(=O)OCC1CO1.C=C(CCCO)C(=O)O. The molecule has 0 bridgehead atoms. The molecule has 3 N–H and O–H groups in total. The van der Waals surface area contributed by atoms with Crippen molar-refractivity contribution in [1.82, 2.24) is 0 Å². The number of esters is 2. The fourth-order valence-electron chi connectivity index (χ4n) is 1.03. The molecule has 0 spiro atoms. The minimum absolute atomic E-state index is 0.0201. The van der Waals surface area contributed by atoms with Gasteiger partial charge in [0.2, 0.25) is 0 Å². The molecule has 1 aliphatic rings. The van der Waals surface area contributed by atoms with Crippen molar-refractivity contribution >= 4 is 23.9 Å². The van der Waals surface area contributed by atoms with Crippen molar-refractivity contribution in [2.75, 3.05) is 26.9 Å². The van der Waals surface area contributed by atoms with Gasteiger partial charge in [0.15, 0.2) is 0 Å².